The summed E-state index contributed by atoms with van der Waals surface area (Å²) in [6.45, 7) is 1.87. The number of fused-ring (bicyclic) bond motifs is 1. The summed E-state index contributed by atoms with van der Waals surface area (Å²) in [5.74, 6) is -0.733. The van der Waals surface area contributed by atoms with Crippen LogP contribution in [0.25, 0.3) is 5.65 Å². The van der Waals surface area contributed by atoms with E-state index in [0.29, 0.717) is 11.5 Å². The first-order valence-electron chi connectivity index (χ1n) is 7.74. The quantitative estimate of drug-likeness (QED) is 0.703. The number of pyridine rings is 1. The van der Waals surface area contributed by atoms with Crippen molar-refractivity contribution in [2.24, 2.45) is 0 Å². The van der Waals surface area contributed by atoms with E-state index in [1.54, 1.807) is 11.0 Å². The minimum Gasteiger partial charge on any atom is -0.378 e. The number of hydrogen-bond donors (Lipinski definition) is 2. The zero-order chi connectivity index (χ0) is 17.4. The fourth-order valence-corrected chi connectivity index (χ4v) is 2.58. The fourth-order valence-electron chi connectivity index (χ4n) is 2.58. The highest BCUT2D eigenvalue weighted by molar-refractivity contribution is 6.03. The van der Waals surface area contributed by atoms with Crippen molar-refractivity contribution < 1.29 is 13.9 Å². The maximum atomic E-state index is 14.2. The van der Waals surface area contributed by atoms with E-state index >= 15 is 0 Å². The zero-order valence-electron chi connectivity index (χ0n) is 13.4. The number of rotatable bonds is 5. The topological polar surface area (TPSA) is 98.4 Å². The summed E-state index contributed by atoms with van der Waals surface area (Å²) in [7, 11) is 1.53. The summed E-state index contributed by atoms with van der Waals surface area (Å²) in [4.78, 5) is 18.1. The fraction of sp³-hybridized carbons (Fsp3) is 0.333. The molecule has 0 unspecified atom stereocenters. The molecule has 1 fully saturated rings. The molecule has 3 aromatic rings. The zero-order valence-corrected chi connectivity index (χ0v) is 13.4. The molecule has 0 radical (unpaired) electrons. The molecule has 1 aliphatic rings. The van der Waals surface area contributed by atoms with Crippen molar-refractivity contribution in [1.82, 2.24) is 29.7 Å². The molecule has 3 aromatic heterocycles. The van der Waals surface area contributed by atoms with Gasteiger partial charge in [-0.15, -0.1) is 5.10 Å². The van der Waals surface area contributed by atoms with Gasteiger partial charge in [-0.3, -0.25) is 4.79 Å². The normalized spacial score (nSPS) is 14.6. The highest BCUT2D eigenvalue weighted by atomic mass is 19.1. The molecule has 1 amide bonds. The Hall–Kier alpha value is -2.85. The number of anilines is 1. The Morgan fingerprint density at radius 2 is 2.32 bits per heavy atom. The van der Waals surface area contributed by atoms with Gasteiger partial charge >= 0.3 is 0 Å². The van der Waals surface area contributed by atoms with Gasteiger partial charge in [-0.05, 0) is 6.07 Å². The molecule has 2 N–H and O–H groups in total. The Balaban J connectivity index is 1.55. The number of methoxy groups -OCH3 is 1. The summed E-state index contributed by atoms with van der Waals surface area (Å²) in [6, 6.07) is 1.35. The second-order valence-electron chi connectivity index (χ2n) is 5.79. The number of ether oxygens (including phenoxy) is 1. The van der Waals surface area contributed by atoms with Gasteiger partial charge in [0.2, 0.25) is 0 Å². The van der Waals surface area contributed by atoms with Crippen LogP contribution >= 0.6 is 0 Å². The first-order valence-corrected chi connectivity index (χ1v) is 7.74. The Labute approximate surface area is 141 Å². The molecule has 4 rings (SSSR count). The first kappa shape index (κ1) is 15.7. The average Bonchev–Trinajstić information content (AvgIpc) is 3.13. The highest BCUT2D eigenvalue weighted by Crippen LogP contribution is 2.15. The molecule has 1 aliphatic heterocycles. The van der Waals surface area contributed by atoms with Crippen molar-refractivity contribution in [3.05, 3.63) is 41.7 Å². The SMILES string of the molecule is COCc1cn2cc(C(=O)Nc3cnn(C4CNC4)n3)cc(F)c2n1. The smallest absolute Gasteiger partial charge is 0.258 e. The van der Waals surface area contributed by atoms with Crippen LogP contribution in [0.3, 0.4) is 0 Å². The minimum absolute atomic E-state index is 0.145. The molecular formula is C15H16FN7O2. The molecule has 9 nitrogen and oxygen atoms in total. The predicted octanol–water partition coefficient (Wildman–Crippen LogP) is 0.608. The van der Waals surface area contributed by atoms with Gasteiger partial charge in [-0.25, -0.2) is 9.37 Å². The standard InChI is InChI=1S/C15H16FN7O2/c1-25-8-10-7-22-6-9(2-12(16)14(22)19-10)15(24)20-13-5-18-23(21-13)11-3-17-4-11/h2,5-7,11,17H,3-4,8H2,1H3,(H,20,21,24). The first-order chi connectivity index (χ1) is 12.1. The Bertz CT molecular complexity index is 931. The van der Waals surface area contributed by atoms with Crippen molar-refractivity contribution in [2.75, 3.05) is 25.5 Å². The van der Waals surface area contributed by atoms with Crippen LogP contribution in [-0.4, -0.2) is 50.5 Å². The Morgan fingerprint density at radius 1 is 1.48 bits per heavy atom. The predicted molar refractivity (Wildman–Crippen MR) is 85.7 cm³/mol. The number of carbonyl (C=O) groups excluding carboxylic acids is 1. The molecule has 130 valence electrons. The second-order valence-corrected chi connectivity index (χ2v) is 5.79. The van der Waals surface area contributed by atoms with Crippen LogP contribution in [-0.2, 0) is 11.3 Å². The van der Waals surface area contributed by atoms with E-state index in [0.717, 1.165) is 19.2 Å². The van der Waals surface area contributed by atoms with Crippen LogP contribution in [0.15, 0.2) is 24.7 Å². The lowest BCUT2D eigenvalue weighted by molar-refractivity contribution is 0.102. The summed E-state index contributed by atoms with van der Waals surface area (Å²) in [6.07, 6.45) is 4.61. The third-order valence-corrected chi connectivity index (χ3v) is 3.95. The third-order valence-electron chi connectivity index (χ3n) is 3.95. The summed E-state index contributed by atoms with van der Waals surface area (Å²) in [5.41, 5.74) is 0.884. The second kappa shape index (κ2) is 6.22. The van der Waals surface area contributed by atoms with Gasteiger partial charge < -0.3 is 19.8 Å². The molecule has 0 aromatic carbocycles. The average molecular weight is 345 g/mol. The van der Waals surface area contributed by atoms with Crippen LogP contribution in [0, 0.1) is 5.82 Å². The van der Waals surface area contributed by atoms with E-state index in [9.17, 15) is 9.18 Å². The minimum atomic E-state index is -0.584. The van der Waals surface area contributed by atoms with E-state index in [2.05, 4.69) is 25.8 Å². The lowest BCUT2D eigenvalue weighted by Gasteiger charge is -2.25. The molecule has 1 saturated heterocycles. The number of halogens is 1. The highest BCUT2D eigenvalue weighted by Gasteiger charge is 2.21. The molecule has 0 atom stereocenters. The van der Waals surface area contributed by atoms with Crippen LogP contribution in [0.1, 0.15) is 22.1 Å². The van der Waals surface area contributed by atoms with Crippen molar-refractivity contribution in [3.63, 3.8) is 0 Å². The third kappa shape index (κ3) is 2.96. The maximum Gasteiger partial charge on any atom is 0.258 e. The van der Waals surface area contributed by atoms with Crippen LogP contribution < -0.4 is 10.6 Å². The van der Waals surface area contributed by atoms with Crippen molar-refractivity contribution in [3.8, 4) is 0 Å². The van der Waals surface area contributed by atoms with E-state index in [1.165, 1.54) is 23.9 Å². The Kier molecular flexibility index (Phi) is 3.90. The van der Waals surface area contributed by atoms with Crippen LogP contribution in [0.4, 0.5) is 10.2 Å². The molecule has 0 aliphatic carbocycles. The number of nitrogens with one attached hydrogen (secondary N) is 2. The molecular weight excluding hydrogens is 329 g/mol. The molecule has 0 spiro atoms. The number of imidazole rings is 1. The summed E-state index contributed by atoms with van der Waals surface area (Å²) < 4.78 is 20.7. The molecule has 4 heterocycles. The molecule has 0 saturated carbocycles. The summed E-state index contributed by atoms with van der Waals surface area (Å²) in [5, 5.41) is 14.1. The largest absolute Gasteiger partial charge is 0.378 e. The number of hydrogen-bond acceptors (Lipinski definition) is 6. The van der Waals surface area contributed by atoms with Crippen molar-refractivity contribution in [1.29, 1.82) is 0 Å². The maximum absolute atomic E-state index is 14.2. The van der Waals surface area contributed by atoms with Gasteiger partial charge in [0.15, 0.2) is 17.3 Å². The van der Waals surface area contributed by atoms with E-state index < -0.39 is 11.7 Å². The van der Waals surface area contributed by atoms with Gasteiger partial charge in [0.05, 0.1) is 30.1 Å². The van der Waals surface area contributed by atoms with Gasteiger partial charge in [0.1, 0.15) is 0 Å². The summed E-state index contributed by atoms with van der Waals surface area (Å²) >= 11 is 0. The van der Waals surface area contributed by atoms with Crippen molar-refractivity contribution >= 4 is 17.4 Å². The lowest BCUT2D eigenvalue weighted by Crippen LogP contribution is -2.44. The number of carbonyl (C=O) groups is 1. The van der Waals surface area contributed by atoms with Gasteiger partial charge in [-0.2, -0.15) is 9.90 Å². The van der Waals surface area contributed by atoms with E-state index in [1.807, 2.05) is 0 Å². The molecule has 25 heavy (non-hydrogen) atoms. The van der Waals surface area contributed by atoms with E-state index in [4.69, 9.17) is 4.74 Å². The molecule has 0 bridgehead atoms. The van der Waals surface area contributed by atoms with Crippen LogP contribution in [0.2, 0.25) is 0 Å². The number of aromatic nitrogens is 5. The van der Waals surface area contributed by atoms with E-state index in [-0.39, 0.29) is 23.9 Å². The van der Waals surface area contributed by atoms with Gasteiger partial charge in [-0.1, -0.05) is 0 Å². The number of amides is 1. The lowest BCUT2D eigenvalue weighted by atomic mass is 10.2. The van der Waals surface area contributed by atoms with Crippen LogP contribution in [0.5, 0.6) is 0 Å². The number of nitrogens with zero attached hydrogens (tertiary/aromatic N) is 5. The Morgan fingerprint density at radius 3 is 3.04 bits per heavy atom. The van der Waals surface area contributed by atoms with Gasteiger partial charge in [0, 0.05) is 32.6 Å². The molecule has 10 heteroatoms. The van der Waals surface area contributed by atoms with Gasteiger partial charge in [0.25, 0.3) is 5.91 Å². The van der Waals surface area contributed by atoms with Crippen molar-refractivity contribution in [2.45, 2.75) is 12.6 Å². The monoisotopic (exact) mass is 345 g/mol.